The number of aromatic nitrogens is 6. The van der Waals surface area contributed by atoms with Gasteiger partial charge in [-0.3, -0.25) is 15.1 Å². The summed E-state index contributed by atoms with van der Waals surface area (Å²) in [5, 5.41) is 8.83. The smallest absolute Gasteiger partial charge is 0.138 e. The molecule has 1 aliphatic carbocycles. The second kappa shape index (κ2) is 9.12. The first-order valence-corrected chi connectivity index (χ1v) is 13.5. The lowest BCUT2D eigenvalue weighted by molar-refractivity contribution is 0.154. The van der Waals surface area contributed by atoms with Crippen molar-refractivity contribution < 1.29 is 4.74 Å². The molecule has 0 saturated heterocycles. The Kier molecular flexibility index (Phi) is 5.47. The highest BCUT2D eigenvalue weighted by atomic mass is 32.1. The number of pyridine rings is 3. The Morgan fingerprint density at radius 1 is 0.946 bits per heavy atom. The van der Waals surface area contributed by atoms with Crippen LogP contribution in [0.1, 0.15) is 37.0 Å². The van der Waals surface area contributed by atoms with Crippen LogP contribution in [0.4, 0.5) is 0 Å². The van der Waals surface area contributed by atoms with Crippen molar-refractivity contribution in [2.45, 2.75) is 45.1 Å². The van der Waals surface area contributed by atoms with Crippen molar-refractivity contribution in [3.8, 4) is 39.0 Å². The van der Waals surface area contributed by atoms with Crippen molar-refractivity contribution in [2.24, 2.45) is 0 Å². The van der Waals surface area contributed by atoms with E-state index in [0.29, 0.717) is 0 Å². The summed E-state index contributed by atoms with van der Waals surface area (Å²) in [7, 11) is 0. The molecule has 0 bridgehead atoms. The maximum absolute atomic E-state index is 6.25. The van der Waals surface area contributed by atoms with E-state index in [4.69, 9.17) is 9.72 Å². The first-order chi connectivity index (χ1) is 18.2. The molecule has 8 heteroatoms. The summed E-state index contributed by atoms with van der Waals surface area (Å²) < 4.78 is 6.25. The lowest BCUT2D eigenvalue weighted by Crippen LogP contribution is -2.19. The summed E-state index contributed by atoms with van der Waals surface area (Å²) in [5.74, 6) is 0.804. The number of hydrogen-bond acceptors (Lipinski definition) is 6. The zero-order valence-corrected chi connectivity index (χ0v) is 21.3. The van der Waals surface area contributed by atoms with Crippen molar-refractivity contribution in [2.75, 3.05) is 0 Å². The second-order valence-electron chi connectivity index (χ2n) is 9.67. The Hall–Kier alpha value is -4.04. The van der Waals surface area contributed by atoms with Gasteiger partial charge >= 0.3 is 0 Å². The standard InChI is InChI=1S/C29H26N6OS/c1-17-7-10-26(37-17)27-21-14-25(32-23(21)11-12-31-27)29-28-24(34-35-29)9-8-22(33-28)18-13-20(16-30-15-18)36-19-5-3-2-4-6-19/h7-16,19,32H,2-6H2,1H3,(H,34,35). The molecule has 7 rings (SSSR count). The van der Waals surface area contributed by atoms with E-state index in [9.17, 15) is 0 Å². The monoisotopic (exact) mass is 506 g/mol. The quantitative estimate of drug-likeness (QED) is 0.256. The lowest BCUT2D eigenvalue weighted by Gasteiger charge is -2.22. The lowest BCUT2D eigenvalue weighted by atomic mass is 9.98. The number of H-pyrrole nitrogens is 2. The molecule has 6 aromatic rings. The molecule has 0 aliphatic heterocycles. The van der Waals surface area contributed by atoms with Crippen molar-refractivity contribution in [1.29, 1.82) is 0 Å². The first kappa shape index (κ1) is 22.2. The number of fused-ring (bicyclic) bond motifs is 2. The van der Waals surface area contributed by atoms with Crippen LogP contribution in [0.3, 0.4) is 0 Å². The fourth-order valence-electron chi connectivity index (χ4n) is 5.19. The van der Waals surface area contributed by atoms with Crippen LogP contribution in [0, 0.1) is 6.92 Å². The Balaban J connectivity index is 1.26. The van der Waals surface area contributed by atoms with E-state index in [2.05, 4.69) is 50.3 Å². The number of nitrogens with one attached hydrogen (secondary N) is 2. The first-order valence-electron chi connectivity index (χ1n) is 12.7. The van der Waals surface area contributed by atoms with Crippen molar-refractivity contribution >= 4 is 33.3 Å². The highest BCUT2D eigenvalue weighted by Crippen LogP contribution is 2.35. The summed E-state index contributed by atoms with van der Waals surface area (Å²) in [6, 6.07) is 14.4. The molecule has 0 spiro atoms. The van der Waals surface area contributed by atoms with Crippen LogP contribution < -0.4 is 4.74 Å². The zero-order chi connectivity index (χ0) is 24.8. The average molecular weight is 507 g/mol. The van der Waals surface area contributed by atoms with Gasteiger partial charge in [-0.1, -0.05) is 6.42 Å². The molecule has 184 valence electrons. The van der Waals surface area contributed by atoms with Gasteiger partial charge in [0.25, 0.3) is 0 Å². The van der Waals surface area contributed by atoms with Gasteiger partial charge in [-0.2, -0.15) is 5.10 Å². The average Bonchev–Trinajstić information content (AvgIpc) is 3.66. The van der Waals surface area contributed by atoms with Gasteiger partial charge in [0.2, 0.25) is 0 Å². The summed E-state index contributed by atoms with van der Waals surface area (Å²) in [6.45, 7) is 2.11. The second-order valence-corrected chi connectivity index (χ2v) is 11.0. The molecular formula is C29H26N6OS. The Morgan fingerprint density at radius 3 is 2.73 bits per heavy atom. The van der Waals surface area contributed by atoms with Crippen molar-refractivity contribution in [1.82, 2.24) is 30.1 Å². The van der Waals surface area contributed by atoms with Crippen molar-refractivity contribution in [3.05, 3.63) is 65.9 Å². The number of aromatic amines is 2. The molecule has 0 atom stereocenters. The Labute approximate surface area is 218 Å². The molecule has 1 fully saturated rings. The molecule has 2 N–H and O–H groups in total. The minimum absolute atomic E-state index is 0.279. The molecule has 37 heavy (non-hydrogen) atoms. The highest BCUT2D eigenvalue weighted by Gasteiger charge is 2.18. The third-order valence-electron chi connectivity index (χ3n) is 7.05. The number of rotatable bonds is 5. The van der Waals surface area contributed by atoms with Gasteiger partial charge in [-0.05, 0) is 75.1 Å². The van der Waals surface area contributed by atoms with Crippen molar-refractivity contribution in [3.63, 3.8) is 0 Å². The summed E-state index contributed by atoms with van der Waals surface area (Å²) in [4.78, 5) is 20.1. The van der Waals surface area contributed by atoms with Crippen LogP contribution in [0.15, 0.2) is 61.1 Å². The minimum Gasteiger partial charge on any atom is -0.489 e. The largest absolute Gasteiger partial charge is 0.489 e. The Morgan fingerprint density at radius 2 is 1.86 bits per heavy atom. The predicted octanol–water partition coefficient (Wildman–Crippen LogP) is 7.31. The zero-order valence-electron chi connectivity index (χ0n) is 20.5. The van der Waals surface area contributed by atoms with E-state index in [0.717, 1.165) is 73.7 Å². The molecule has 1 saturated carbocycles. The fraction of sp³-hybridized carbons (Fsp3) is 0.241. The molecule has 6 aromatic heterocycles. The predicted molar refractivity (Wildman–Crippen MR) is 148 cm³/mol. The van der Waals surface area contributed by atoms with Crippen LogP contribution in [0.5, 0.6) is 5.75 Å². The van der Waals surface area contributed by atoms with E-state index in [-0.39, 0.29) is 6.10 Å². The SMILES string of the molecule is Cc1ccc(-c2nccc3[nH]c(-c4n[nH]c5ccc(-c6cncc(OC7CCCCC7)c6)nc45)cc23)s1. The number of thiophene rings is 1. The normalized spacial score (nSPS) is 14.5. The van der Waals surface area contributed by atoms with Gasteiger partial charge in [-0.15, -0.1) is 11.3 Å². The van der Waals surface area contributed by atoms with Crippen LogP contribution in [-0.4, -0.2) is 36.2 Å². The number of aryl methyl sites for hydroxylation is 1. The number of nitrogens with zero attached hydrogens (tertiary/aromatic N) is 4. The van der Waals surface area contributed by atoms with E-state index in [1.54, 1.807) is 17.5 Å². The molecular weight excluding hydrogens is 480 g/mol. The maximum Gasteiger partial charge on any atom is 0.138 e. The van der Waals surface area contributed by atoms with E-state index in [1.165, 1.54) is 24.1 Å². The molecule has 0 aromatic carbocycles. The highest BCUT2D eigenvalue weighted by molar-refractivity contribution is 7.15. The van der Waals surface area contributed by atoms with Crippen LogP contribution in [-0.2, 0) is 0 Å². The van der Waals surface area contributed by atoms with E-state index >= 15 is 0 Å². The van der Waals surface area contributed by atoms with Gasteiger partial charge in [-0.25, -0.2) is 4.98 Å². The van der Waals surface area contributed by atoms with Gasteiger partial charge in [0.1, 0.15) is 17.0 Å². The third kappa shape index (κ3) is 4.17. The summed E-state index contributed by atoms with van der Waals surface area (Å²) in [5.41, 5.74) is 7.15. The molecule has 0 unspecified atom stereocenters. The molecule has 6 heterocycles. The third-order valence-corrected chi connectivity index (χ3v) is 8.06. The Bertz CT molecular complexity index is 1730. The van der Waals surface area contributed by atoms with Gasteiger partial charge in [0.15, 0.2) is 0 Å². The number of hydrogen-bond donors (Lipinski definition) is 2. The fourth-order valence-corrected chi connectivity index (χ4v) is 6.06. The number of ether oxygens (including phenoxy) is 1. The van der Waals surface area contributed by atoms with Gasteiger partial charge in [0, 0.05) is 33.7 Å². The molecule has 0 radical (unpaired) electrons. The van der Waals surface area contributed by atoms with Gasteiger partial charge < -0.3 is 9.72 Å². The van der Waals surface area contributed by atoms with Gasteiger partial charge in [0.05, 0.1) is 39.8 Å². The van der Waals surface area contributed by atoms with Crippen LogP contribution in [0.2, 0.25) is 0 Å². The van der Waals surface area contributed by atoms with Crippen LogP contribution >= 0.6 is 11.3 Å². The topological polar surface area (TPSA) is 92.4 Å². The summed E-state index contributed by atoms with van der Waals surface area (Å²) in [6.07, 6.45) is 11.8. The molecule has 1 aliphatic rings. The minimum atomic E-state index is 0.279. The molecule has 0 amide bonds. The van der Waals surface area contributed by atoms with Crippen LogP contribution in [0.25, 0.3) is 55.2 Å². The maximum atomic E-state index is 6.25. The van der Waals surface area contributed by atoms with E-state index in [1.807, 2.05) is 36.7 Å². The van der Waals surface area contributed by atoms with E-state index < -0.39 is 0 Å². The summed E-state index contributed by atoms with van der Waals surface area (Å²) >= 11 is 1.75. The molecule has 7 nitrogen and oxygen atoms in total.